The summed E-state index contributed by atoms with van der Waals surface area (Å²) in [5.41, 5.74) is 1.37. The van der Waals surface area contributed by atoms with Crippen LogP contribution in [0.3, 0.4) is 0 Å². The van der Waals surface area contributed by atoms with E-state index in [1.54, 1.807) is 11.8 Å². The molecule has 0 amide bonds. The Balaban J connectivity index is 3.09. The highest BCUT2D eigenvalue weighted by Crippen LogP contribution is 2.21. The number of hydrogen-bond acceptors (Lipinski definition) is 1. The normalized spacial score (nSPS) is 9.90. The van der Waals surface area contributed by atoms with Gasteiger partial charge in [0.2, 0.25) is 0 Å². The highest BCUT2D eigenvalue weighted by Gasteiger charge is 1.95. The quantitative estimate of drug-likeness (QED) is 0.554. The molecule has 54 valence electrons. The van der Waals surface area contributed by atoms with Crippen molar-refractivity contribution >= 4 is 34.4 Å². The van der Waals surface area contributed by atoms with E-state index in [2.05, 4.69) is 54.0 Å². The summed E-state index contributed by atoms with van der Waals surface area (Å²) in [7, 11) is 0. The molecular formula is C8H9IS. The van der Waals surface area contributed by atoms with Crippen LogP contribution in [0.2, 0.25) is 0 Å². The highest BCUT2D eigenvalue weighted by atomic mass is 127. The van der Waals surface area contributed by atoms with Crippen molar-refractivity contribution in [3.05, 3.63) is 27.3 Å². The van der Waals surface area contributed by atoms with Crippen molar-refractivity contribution in [3.63, 3.8) is 0 Å². The first-order valence-electron chi connectivity index (χ1n) is 3.04. The van der Waals surface area contributed by atoms with Gasteiger partial charge in [-0.25, -0.2) is 0 Å². The van der Waals surface area contributed by atoms with Crippen LogP contribution in [0, 0.1) is 10.5 Å². The first kappa shape index (κ1) is 8.40. The third-order valence-electron chi connectivity index (χ3n) is 1.37. The molecule has 1 aromatic rings. The number of thioether (sulfide) groups is 1. The van der Waals surface area contributed by atoms with Crippen molar-refractivity contribution in [3.8, 4) is 0 Å². The van der Waals surface area contributed by atoms with Gasteiger partial charge in [-0.2, -0.15) is 0 Å². The topological polar surface area (TPSA) is 0 Å². The summed E-state index contributed by atoms with van der Waals surface area (Å²) in [5, 5.41) is 0. The molecule has 1 aromatic carbocycles. The molecule has 0 N–H and O–H groups in total. The van der Waals surface area contributed by atoms with Crippen molar-refractivity contribution in [1.82, 2.24) is 0 Å². The van der Waals surface area contributed by atoms with Crippen molar-refractivity contribution in [2.45, 2.75) is 11.8 Å². The summed E-state index contributed by atoms with van der Waals surface area (Å²) in [6.07, 6.45) is 2.11. The minimum atomic E-state index is 1.31. The monoisotopic (exact) mass is 264 g/mol. The zero-order chi connectivity index (χ0) is 7.56. The molecule has 0 radical (unpaired) electrons. The predicted molar refractivity (Wildman–Crippen MR) is 55.7 cm³/mol. The summed E-state index contributed by atoms with van der Waals surface area (Å²) in [4.78, 5) is 1.38. The number of halogens is 1. The van der Waals surface area contributed by atoms with Crippen LogP contribution in [0.15, 0.2) is 23.1 Å². The molecule has 0 unspecified atom stereocenters. The second-order valence-corrected chi connectivity index (χ2v) is 4.21. The van der Waals surface area contributed by atoms with E-state index in [-0.39, 0.29) is 0 Å². The van der Waals surface area contributed by atoms with Gasteiger partial charge in [-0.05, 0) is 53.5 Å². The number of aryl methyl sites for hydroxylation is 1. The summed E-state index contributed by atoms with van der Waals surface area (Å²) in [6.45, 7) is 2.14. The average Bonchev–Trinajstić information content (AvgIpc) is 1.94. The van der Waals surface area contributed by atoms with Gasteiger partial charge >= 0.3 is 0 Å². The van der Waals surface area contributed by atoms with E-state index in [1.807, 2.05) is 0 Å². The van der Waals surface area contributed by atoms with Gasteiger partial charge in [-0.1, -0.05) is 6.07 Å². The van der Waals surface area contributed by atoms with E-state index < -0.39 is 0 Å². The van der Waals surface area contributed by atoms with E-state index in [1.165, 1.54) is 14.0 Å². The van der Waals surface area contributed by atoms with Gasteiger partial charge in [-0.15, -0.1) is 11.8 Å². The fourth-order valence-corrected chi connectivity index (χ4v) is 2.13. The Morgan fingerprint density at radius 2 is 2.10 bits per heavy atom. The van der Waals surface area contributed by atoms with Crippen molar-refractivity contribution < 1.29 is 0 Å². The first-order chi connectivity index (χ1) is 4.74. The number of benzene rings is 1. The second-order valence-electron chi connectivity index (χ2n) is 2.11. The van der Waals surface area contributed by atoms with E-state index in [4.69, 9.17) is 0 Å². The van der Waals surface area contributed by atoms with Crippen LogP contribution in [0.25, 0.3) is 0 Å². The van der Waals surface area contributed by atoms with Gasteiger partial charge in [0.05, 0.1) is 0 Å². The first-order valence-corrected chi connectivity index (χ1v) is 5.34. The second kappa shape index (κ2) is 3.62. The third-order valence-corrected chi connectivity index (χ3v) is 2.92. The van der Waals surface area contributed by atoms with Crippen LogP contribution < -0.4 is 0 Å². The van der Waals surface area contributed by atoms with Crippen LogP contribution in [0.4, 0.5) is 0 Å². The predicted octanol–water partition coefficient (Wildman–Crippen LogP) is 3.32. The Bertz CT molecular complexity index is 233. The van der Waals surface area contributed by atoms with Crippen LogP contribution in [-0.2, 0) is 0 Å². The molecule has 0 spiro atoms. The molecule has 0 atom stereocenters. The Morgan fingerprint density at radius 3 is 2.60 bits per heavy atom. The van der Waals surface area contributed by atoms with Crippen molar-refractivity contribution in [2.75, 3.05) is 6.26 Å². The van der Waals surface area contributed by atoms with E-state index in [9.17, 15) is 0 Å². The molecule has 0 saturated carbocycles. The summed E-state index contributed by atoms with van der Waals surface area (Å²) >= 11 is 4.14. The highest BCUT2D eigenvalue weighted by molar-refractivity contribution is 14.1. The van der Waals surface area contributed by atoms with E-state index in [0.29, 0.717) is 0 Å². The molecule has 2 heteroatoms. The summed E-state index contributed by atoms with van der Waals surface area (Å²) in [5.74, 6) is 0. The van der Waals surface area contributed by atoms with E-state index in [0.717, 1.165) is 0 Å². The van der Waals surface area contributed by atoms with Gasteiger partial charge < -0.3 is 0 Å². The van der Waals surface area contributed by atoms with Gasteiger partial charge in [0.15, 0.2) is 0 Å². The minimum absolute atomic E-state index is 1.31. The fourth-order valence-electron chi connectivity index (χ4n) is 0.794. The van der Waals surface area contributed by atoms with Gasteiger partial charge in [-0.3, -0.25) is 0 Å². The average molecular weight is 264 g/mol. The van der Waals surface area contributed by atoms with Gasteiger partial charge in [0, 0.05) is 8.47 Å². The van der Waals surface area contributed by atoms with Crippen molar-refractivity contribution in [1.29, 1.82) is 0 Å². The molecule has 0 heterocycles. The molecule has 0 aliphatic rings. The van der Waals surface area contributed by atoms with E-state index >= 15 is 0 Å². The fraction of sp³-hybridized carbons (Fsp3) is 0.250. The van der Waals surface area contributed by atoms with Gasteiger partial charge in [0.1, 0.15) is 0 Å². The molecular weight excluding hydrogens is 255 g/mol. The molecule has 0 aliphatic heterocycles. The molecule has 0 saturated heterocycles. The summed E-state index contributed by atoms with van der Waals surface area (Å²) < 4.78 is 1.31. The molecule has 0 aromatic heterocycles. The van der Waals surface area contributed by atoms with Crippen LogP contribution in [-0.4, -0.2) is 6.26 Å². The third kappa shape index (κ3) is 1.89. The number of rotatable bonds is 1. The lowest BCUT2D eigenvalue weighted by atomic mass is 10.2. The van der Waals surface area contributed by atoms with Gasteiger partial charge in [0.25, 0.3) is 0 Å². The lowest BCUT2D eigenvalue weighted by molar-refractivity contribution is 1.29. The lowest BCUT2D eigenvalue weighted by Crippen LogP contribution is -1.78. The van der Waals surface area contributed by atoms with Crippen LogP contribution in [0.5, 0.6) is 0 Å². The van der Waals surface area contributed by atoms with Crippen molar-refractivity contribution in [2.24, 2.45) is 0 Å². The largest absolute Gasteiger partial charge is 0.129 e. The SMILES string of the molecule is CSc1cc(I)ccc1C. The van der Waals surface area contributed by atoms with Crippen LogP contribution >= 0.6 is 34.4 Å². The maximum absolute atomic E-state index is 2.33. The Morgan fingerprint density at radius 1 is 1.40 bits per heavy atom. The smallest absolute Gasteiger partial charge is 0.0141 e. The molecule has 0 aliphatic carbocycles. The standard InChI is InChI=1S/C8H9IS/c1-6-3-4-7(9)5-8(6)10-2/h3-5H,1-2H3. The Hall–Kier alpha value is 0.300. The molecule has 1 rings (SSSR count). The molecule has 0 bridgehead atoms. The molecule has 0 fully saturated rings. The molecule has 10 heavy (non-hydrogen) atoms. The van der Waals surface area contributed by atoms with Crippen LogP contribution in [0.1, 0.15) is 5.56 Å². The zero-order valence-electron chi connectivity index (χ0n) is 6.02. The lowest BCUT2D eigenvalue weighted by Gasteiger charge is -2.00. The maximum Gasteiger partial charge on any atom is 0.0141 e. The maximum atomic E-state index is 2.33. The zero-order valence-corrected chi connectivity index (χ0v) is 8.99. The Kier molecular flexibility index (Phi) is 3.04. The molecule has 0 nitrogen and oxygen atoms in total. The number of hydrogen-bond donors (Lipinski definition) is 0. The minimum Gasteiger partial charge on any atom is -0.129 e. The Labute approximate surface area is 79.5 Å². The summed E-state index contributed by atoms with van der Waals surface area (Å²) in [6, 6.07) is 6.50.